The summed E-state index contributed by atoms with van der Waals surface area (Å²) in [7, 11) is 0. The number of benzene rings is 5. The van der Waals surface area contributed by atoms with E-state index in [4.69, 9.17) is 14.2 Å². The molecule has 0 spiro atoms. The highest BCUT2D eigenvalue weighted by molar-refractivity contribution is 5.92. The van der Waals surface area contributed by atoms with Crippen molar-refractivity contribution in [2.45, 2.75) is 12.2 Å². The van der Waals surface area contributed by atoms with Crippen LogP contribution in [0.4, 0.5) is 0 Å². The van der Waals surface area contributed by atoms with Crippen molar-refractivity contribution in [3.05, 3.63) is 132 Å². The third-order valence-corrected chi connectivity index (χ3v) is 6.04. The quantitative estimate of drug-likeness (QED) is 0.223. The van der Waals surface area contributed by atoms with Crippen LogP contribution in [0.5, 0.6) is 23.0 Å². The standard InChI is InChI=1S/C32H28O5/c33-29(23-10-4-1-5-11-23)21-35-27-17-18-28-25(20-27)16-19-31(37-26-14-8-3-9-15-26)32(28)36-22-30(34)24-12-6-2-7-13-24/h1-20,29-30,33-34H,21-22H2. The minimum atomic E-state index is -0.789. The molecule has 0 saturated carbocycles. The summed E-state index contributed by atoms with van der Waals surface area (Å²) in [4.78, 5) is 0. The van der Waals surface area contributed by atoms with Gasteiger partial charge in [0.1, 0.15) is 36.9 Å². The molecule has 0 aromatic heterocycles. The maximum Gasteiger partial charge on any atom is 0.169 e. The lowest BCUT2D eigenvalue weighted by Gasteiger charge is -2.18. The van der Waals surface area contributed by atoms with Gasteiger partial charge >= 0.3 is 0 Å². The fourth-order valence-electron chi connectivity index (χ4n) is 4.07. The lowest BCUT2D eigenvalue weighted by Crippen LogP contribution is -2.10. The molecular formula is C32H28O5. The maximum absolute atomic E-state index is 10.7. The summed E-state index contributed by atoms with van der Waals surface area (Å²) in [5.41, 5.74) is 1.58. The van der Waals surface area contributed by atoms with Crippen molar-refractivity contribution >= 4 is 10.8 Å². The monoisotopic (exact) mass is 492 g/mol. The van der Waals surface area contributed by atoms with Crippen LogP contribution in [0, 0.1) is 0 Å². The molecule has 5 rings (SSSR count). The van der Waals surface area contributed by atoms with Crippen molar-refractivity contribution in [2.75, 3.05) is 13.2 Å². The Bertz CT molecular complexity index is 1420. The summed E-state index contributed by atoms with van der Waals surface area (Å²) < 4.78 is 18.2. The molecule has 5 nitrogen and oxygen atoms in total. The number of fused-ring (bicyclic) bond motifs is 1. The zero-order valence-corrected chi connectivity index (χ0v) is 20.2. The van der Waals surface area contributed by atoms with Gasteiger partial charge in [-0.15, -0.1) is 0 Å². The predicted molar refractivity (Wildman–Crippen MR) is 144 cm³/mol. The average Bonchev–Trinajstić information content (AvgIpc) is 2.96. The van der Waals surface area contributed by atoms with Gasteiger partial charge in [-0.05, 0) is 52.9 Å². The Labute approximate surface area is 216 Å². The zero-order valence-electron chi connectivity index (χ0n) is 20.2. The molecule has 0 aliphatic rings. The van der Waals surface area contributed by atoms with Crippen LogP contribution in [0.3, 0.4) is 0 Å². The first-order valence-electron chi connectivity index (χ1n) is 12.2. The highest BCUT2D eigenvalue weighted by atomic mass is 16.5. The van der Waals surface area contributed by atoms with Gasteiger partial charge in [-0.3, -0.25) is 0 Å². The van der Waals surface area contributed by atoms with E-state index in [2.05, 4.69) is 0 Å². The fourth-order valence-corrected chi connectivity index (χ4v) is 4.07. The van der Waals surface area contributed by atoms with E-state index in [9.17, 15) is 10.2 Å². The third kappa shape index (κ3) is 6.09. The second kappa shape index (κ2) is 11.6. The minimum absolute atomic E-state index is 0.0653. The van der Waals surface area contributed by atoms with Gasteiger partial charge in [0, 0.05) is 5.39 Å². The first-order chi connectivity index (χ1) is 18.2. The predicted octanol–water partition coefficient (Wildman–Crippen LogP) is 6.86. The van der Waals surface area contributed by atoms with Crippen LogP contribution < -0.4 is 14.2 Å². The molecule has 0 amide bonds. The molecular weight excluding hydrogens is 464 g/mol. The number of ether oxygens (including phenoxy) is 3. The van der Waals surface area contributed by atoms with Gasteiger partial charge < -0.3 is 24.4 Å². The van der Waals surface area contributed by atoms with Crippen molar-refractivity contribution in [3.8, 4) is 23.0 Å². The molecule has 0 bridgehead atoms. The topological polar surface area (TPSA) is 68.2 Å². The molecule has 5 heteroatoms. The van der Waals surface area contributed by atoms with Gasteiger partial charge in [0.2, 0.25) is 0 Å². The first kappa shape index (κ1) is 24.4. The van der Waals surface area contributed by atoms with Crippen molar-refractivity contribution in [1.29, 1.82) is 0 Å². The van der Waals surface area contributed by atoms with Crippen LogP contribution in [0.25, 0.3) is 10.8 Å². The number of aliphatic hydroxyl groups excluding tert-OH is 2. The SMILES string of the molecule is OC(COc1ccc2c(OCC(O)c3ccccc3)c(Oc3ccccc3)ccc2c1)c1ccccc1. The summed E-state index contributed by atoms with van der Waals surface area (Å²) in [6.07, 6.45) is -1.51. The molecule has 186 valence electrons. The molecule has 2 N–H and O–H groups in total. The summed E-state index contributed by atoms with van der Waals surface area (Å²) >= 11 is 0. The first-order valence-corrected chi connectivity index (χ1v) is 12.2. The molecule has 0 saturated heterocycles. The van der Waals surface area contributed by atoms with E-state index in [1.54, 1.807) is 0 Å². The van der Waals surface area contributed by atoms with Crippen LogP contribution in [-0.2, 0) is 0 Å². The second-order valence-corrected chi connectivity index (χ2v) is 8.67. The van der Waals surface area contributed by atoms with Crippen LogP contribution in [-0.4, -0.2) is 23.4 Å². The average molecular weight is 493 g/mol. The van der Waals surface area contributed by atoms with E-state index >= 15 is 0 Å². The molecule has 37 heavy (non-hydrogen) atoms. The van der Waals surface area contributed by atoms with Crippen molar-refractivity contribution in [3.63, 3.8) is 0 Å². The Morgan fingerprint density at radius 3 is 1.73 bits per heavy atom. The Morgan fingerprint density at radius 2 is 1.11 bits per heavy atom. The Balaban J connectivity index is 1.39. The molecule has 2 unspecified atom stereocenters. The largest absolute Gasteiger partial charge is 0.491 e. The van der Waals surface area contributed by atoms with Gasteiger partial charge in [0.15, 0.2) is 11.5 Å². The molecule has 0 aliphatic carbocycles. The molecule has 5 aromatic carbocycles. The Kier molecular flexibility index (Phi) is 7.65. The van der Waals surface area contributed by atoms with Crippen LogP contribution in [0.15, 0.2) is 121 Å². The van der Waals surface area contributed by atoms with E-state index < -0.39 is 12.2 Å². The van der Waals surface area contributed by atoms with Gasteiger partial charge in [0.05, 0.1) is 0 Å². The Hall–Kier alpha value is -4.32. The number of rotatable bonds is 10. The number of hydrogen-bond acceptors (Lipinski definition) is 5. The minimum Gasteiger partial charge on any atom is -0.491 e. The molecule has 0 radical (unpaired) electrons. The lowest BCUT2D eigenvalue weighted by molar-refractivity contribution is 0.107. The number of aliphatic hydroxyl groups is 2. The zero-order chi connectivity index (χ0) is 25.5. The highest BCUT2D eigenvalue weighted by Gasteiger charge is 2.16. The Morgan fingerprint density at radius 1 is 0.541 bits per heavy atom. The number of hydrogen-bond donors (Lipinski definition) is 2. The third-order valence-electron chi connectivity index (χ3n) is 6.04. The summed E-state index contributed by atoms with van der Waals surface area (Å²) in [6, 6.07) is 37.8. The molecule has 2 atom stereocenters. The van der Waals surface area contributed by atoms with E-state index in [0.717, 1.165) is 21.9 Å². The summed E-state index contributed by atoms with van der Waals surface area (Å²) in [5, 5.41) is 22.8. The van der Waals surface area contributed by atoms with Crippen LogP contribution in [0.1, 0.15) is 23.3 Å². The van der Waals surface area contributed by atoms with E-state index in [-0.39, 0.29) is 13.2 Å². The second-order valence-electron chi connectivity index (χ2n) is 8.67. The number of para-hydroxylation sites is 1. The summed E-state index contributed by atoms with van der Waals surface area (Å²) in [5.74, 6) is 2.40. The van der Waals surface area contributed by atoms with Crippen LogP contribution in [0.2, 0.25) is 0 Å². The normalized spacial score (nSPS) is 12.6. The van der Waals surface area contributed by atoms with E-state index in [1.807, 2.05) is 121 Å². The van der Waals surface area contributed by atoms with E-state index in [0.29, 0.717) is 23.0 Å². The molecule has 0 fully saturated rings. The molecule has 0 aliphatic heterocycles. The van der Waals surface area contributed by atoms with Gasteiger partial charge in [-0.2, -0.15) is 0 Å². The van der Waals surface area contributed by atoms with Crippen LogP contribution >= 0.6 is 0 Å². The lowest BCUT2D eigenvalue weighted by atomic mass is 10.1. The van der Waals surface area contributed by atoms with Gasteiger partial charge in [0.25, 0.3) is 0 Å². The van der Waals surface area contributed by atoms with Gasteiger partial charge in [-0.25, -0.2) is 0 Å². The summed E-state index contributed by atoms with van der Waals surface area (Å²) in [6.45, 7) is 0.202. The van der Waals surface area contributed by atoms with Crippen molar-refractivity contribution in [2.24, 2.45) is 0 Å². The van der Waals surface area contributed by atoms with Crippen molar-refractivity contribution < 1.29 is 24.4 Å². The van der Waals surface area contributed by atoms with Gasteiger partial charge in [-0.1, -0.05) is 84.9 Å². The van der Waals surface area contributed by atoms with E-state index in [1.165, 1.54) is 0 Å². The molecule has 0 heterocycles. The fraction of sp³-hybridized carbons (Fsp3) is 0.125. The molecule has 5 aromatic rings. The maximum atomic E-state index is 10.7. The smallest absolute Gasteiger partial charge is 0.169 e. The van der Waals surface area contributed by atoms with Crippen molar-refractivity contribution in [1.82, 2.24) is 0 Å². The highest BCUT2D eigenvalue weighted by Crippen LogP contribution is 2.40.